The molecule has 0 saturated carbocycles. The van der Waals surface area contributed by atoms with E-state index in [1.165, 1.54) is 33.3 Å². The Hall–Kier alpha value is -1.45. The minimum Gasteiger partial charge on any atom is -0.496 e. The smallest absolute Gasteiger partial charge is 0.123 e. The predicted octanol–water partition coefficient (Wildman–Crippen LogP) is 5.67. The summed E-state index contributed by atoms with van der Waals surface area (Å²) in [6, 6.07) is 12.2. The van der Waals surface area contributed by atoms with E-state index < -0.39 is 0 Å². The van der Waals surface area contributed by atoms with Gasteiger partial charge >= 0.3 is 0 Å². The first-order valence-corrected chi connectivity index (χ1v) is 9.11. The van der Waals surface area contributed by atoms with Gasteiger partial charge in [-0.3, -0.25) is 0 Å². The number of hydrogen-bond donors (Lipinski definition) is 1. The van der Waals surface area contributed by atoms with Gasteiger partial charge in [-0.15, -0.1) is 0 Å². The lowest BCUT2D eigenvalue weighted by Crippen LogP contribution is -1.97. The van der Waals surface area contributed by atoms with E-state index in [1.807, 2.05) is 18.2 Å². The maximum atomic E-state index is 6.00. The van der Waals surface area contributed by atoms with Gasteiger partial charge in [0.15, 0.2) is 0 Å². The summed E-state index contributed by atoms with van der Waals surface area (Å²) in [6.07, 6.45) is 1.82. The predicted molar refractivity (Wildman–Crippen MR) is 101 cm³/mol. The molecule has 0 amide bonds. The first-order chi connectivity index (χ1) is 11.1. The first kappa shape index (κ1) is 16.4. The molecule has 0 radical (unpaired) electrons. The summed E-state index contributed by atoms with van der Waals surface area (Å²) in [7, 11) is 1.73. The van der Waals surface area contributed by atoms with Gasteiger partial charge in [-0.05, 0) is 48.7 Å². The highest BCUT2D eigenvalue weighted by molar-refractivity contribution is 9.09. The zero-order valence-corrected chi connectivity index (χ0v) is 15.6. The molecule has 1 aromatic heterocycles. The van der Waals surface area contributed by atoms with Crippen LogP contribution in [0.5, 0.6) is 5.75 Å². The SMILES string of the molecule is COc1ccc2[nH]c(C)c(CCBr)c2c1Cc1ccc(Cl)cc1. The van der Waals surface area contributed by atoms with Crippen LogP contribution in [-0.2, 0) is 12.8 Å². The van der Waals surface area contributed by atoms with Gasteiger partial charge in [0.2, 0.25) is 0 Å². The molecular weight excluding hydrogens is 374 g/mol. The summed E-state index contributed by atoms with van der Waals surface area (Å²) < 4.78 is 5.64. The second-order valence-electron chi connectivity index (χ2n) is 5.64. The average Bonchev–Trinajstić information content (AvgIpc) is 2.86. The molecule has 23 heavy (non-hydrogen) atoms. The summed E-state index contributed by atoms with van der Waals surface area (Å²) in [5, 5.41) is 2.99. The number of hydrogen-bond acceptors (Lipinski definition) is 1. The van der Waals surface area contributed by atoms with Crippen molar-refractivity contribution in [3.63, 3.8) is 0 Å². The van der Waals surface area contributed by atoms with Gasteiger partial charge in [0, 0.05) is 38.9 Å². The van der Waals surface area contributed by atoms with Crippen molar-refractivity contribution in [3.05, 3.63) is 63.8 Å². The first-order valence-electron chi connectivity index (χ1n) is 7.61. The van der Waals surface area contributed by atoms with Crippen molar-refractivity contribution in [2.45, 2.75) is 19.8 Å². The maximum Gasteiger partial charge on any atom is 0.123 e. The normalized spacial score (nSPS) is 11.1. The third-order valence-electron chi connectivity index (χ3n) is 4.21. The van der Waals surface area contributed by atoms with E-state index in [2.05, 4.69) is 46.0 Å². The van der Waals surface area contributed by atoms with E-state index in [4.69, 9.17) is 16.3 Å². The van der Waals surface area contributed by atoms with Crippen LogP contribution < -0.4 is 4.74 Å². The number of benzene rings is 2. The Bertz CT molecular complexity index is 823. The molecule has 0 aliphatic heterocycles. The molecule has 0 unspecified atom stereocenters. The molecule has 1 N–H and O–H groups in total. The zero-order chi connectivity index (χ0) is 16.4. The molecule has 1 heterocycles. The lowest BCUT2D eigenvalue weighted by atomic mass is 9.96. The number of aryl methyl sites for hydroxylation is 2. The van der Waals surface area contributed by atoms with Crippen molar-refractivity contribution in [1.82, 2.24) is 4.98 Å². The Kier molecular flexibility index (Phi) is 4.98. The van der Waals surface area contributed by atoms with Crippen molar-refractivity contribution in [2.75, 3.05) is 12.4 Å². The molecule has 0 atom stereocenters. The number of fused-ring (bicyclic) bond motifs is 1. The van der Waals surface area contributed by atoms with E-state index in [-0.39, 0.29) is 0 Å². The molecule has 0 aliphatic carbocycles. The van der Waals surface area contributed by atoms with Gasteiger partial charge in [-0.2, -0.15) is 0 Å². The van der Waals surface area contributed by atoms with Crippen LogP contribution in [0, 0.1) is 6.92 Å². The molecule has 2 aromatic carbocycles. The van der Waals surface area contributed by atoms with Crippen LogP contribution in [0.3, 0.4) is 0 Å². The lowest BCUT2D eigenvalue weighted by molar-refractivity contribution is 0.411. The Morgan fingerprint density at radius 3 is 2.48 bits per heavy atom. The minimum atomic E-state index is 0.761. The Labute approximate surface area is 149 Å². The second kappa shape index (κ2) is 6.98. The summed E-state index contributed by atoms with van der Waals surface area (Å²) >= 11 is 9.57. The minimum absolute atomic E-state index is 0.761. The maximum absolute atomic E-state index is 6.00. The highest BCUT2D eigenvalue weighted by Gasteiger charge is 2.16. The molecule has 0 spiro atoms. The molecule has 120 valence electrons. The third-order valence-corrected chi connectivity index (χ3v) is 4.85. The van der Waals surface area contributed by atoms with Crippen LogP contribution in [0.25, 0.3) is 10.9 Å². The molecule has 0 bridgehead atoms. The van der Waals surface area contributed by atoms with Crippen LogP contribution >= 0.6 is 27.5 Å². The molecule has 0 aliphatic rings. The van der Waals surface area contributed by atoms with Crippen molar-refractivity contribution in [3.8, 4) is 5.75 Å². The van der Waals surface area contributed by atoms with Gasteiger partial charge in [-0.25, -0.2) is 0 Å². The fraction of sp³-hybridized carbons (Fsp3) is 0.263. The van der Waals surface area contributed by atoms with Crippen LogP contribution in [0.15, 0.2) is 36.4 Å². The summed E-state index contributed by atoms with van der Waals surface area (Å²) in [4.78, 5) is 3.50. The Balaban J connectivity index is 2.17. The van der Waals surface area contributed by atoms with Gasteiger partial charge < -0.3 is 9.72 Å². The van der Waals surface area contributed by atoms with Crippen molar-refractivity contribution in [2.24, 2.45) is 0 Å². The van der Waals surface area contributed by atoms with Crippen LogP contribution in [-0.4, -0.2) is 17.4 Å². The molecule has 0 fully saturated rings. The van der Waals surface area contributed by atoms with E-state index in [9.17, 15) is 0 Å². The number of nitrogens with one attached hydrogen (secondary N) is 1. The van der Waals surface area contributed by atoms with Crippen molar-refractivity contribution >= 4 is 38.4 Å². The Morgan fingerprint density at radius 2 is 1.83 bits per heavy atom. The molecule has 3 rings (SSSR count). The number of halogens is 2. The molecule has 4 heteroatoms. The average molecular weight is 393 g/mol. The molecule has 2 nitrogen and oxygen atoms in total. The van der Waals surface area contributed by atoms with Crippen LogP contribution in [0.1, 0.15) is 22.4 Å². The number of alkyl halides is 1. The molecule has 0 saturated heterocycles. The zero-order valence-electron chi connectivity index (χ0n) is 13.2. The highest BCUT2D eigenvalue weighted by Crippen LogP contribution is 2.34. The topological polar surface area (TPSA) is 25.0 Å². The summed E-state index contributed by atoms with van der Waals surface area (Å²) in [5.41, 5.74) is 6.21. The number of ether oxygens (including phenoxy) is 1. The highest BCUT2D eigenvalue weighted by atomic mass is 79.9. The standard InChI is InChI=1S/C19H19BrClNO/c1-12-15(9-10-20)19-16(11-13-3-5-14(21)6-4-13)18(23-2)8-7-17(19)22-12/h3-8,22H,9-11H2,1-2H3. The third kappa shape index (κ3) is 3.26. The molecular formula is C19H19BrClNO. The van der Waals surface area contributed by atoms with Gasteiger partial charge in [0.25, 0.3) is 0 Å². The number of aromatic nitrogens is 1. The number of rotatable bonds is 5. The van der Waals surface area contributed by atoms with E-state index in [0.29, 0.717) is 0 Å². The molecule has 3 aromatic rings. The lowest BCUT2D eigenvalue weighted by Gasteiger charge is -2.12. The van der Waals surface area contributed by atoms with Crippen LogP contribution in [0.2, 0.25) is 5.02 Å². The number of aromatic amines is 1. The van der Waals surface area contributed by atoms with Crippen LogP contribution in [0.4, 0.5) is 0 Å². The largest absolute Gasteiger partial charge is 0.496 e. The van der Waals surface area contributed by atoms with E-state index in [1.54, 1.807) is 7.11 Å². The quantitative estimate of drug-likeness (QED) is 0.556. The second-order valence-corrected chi connectivity index (χ2v) is 6.87. The number of methoxy groups -OCH3 is 1. The Morgan fingerprint density at radius 1 is 1.09 bits per heavy atom. The van der Waals surface area contributed by atoms with E-state index in [0.717, 1.165) is 28.9 Å². The van der Waals surface area contributed by atoms with Crippen molar-refractivity contribution < 1.29 is 4.74 Å². The van der Waals surface area contributed by atoms with E-state index >= 15 is 0 Å². The monoisotopic (exact) mass is 391 g/mol. The van der Waals surface area contributed by atoms with Gasteiger partial charge in [-0.1, -0.05) is 39.7 Å². The van der Waals surface area contributed by atoms with Gasteiger partial charge in [0.1, 0.15) is 5.75 Å². The van der Waals surface area contributed by atoms with Crippen molar-refractivity contribution in [1.29, 1.82) is 0 Å². The summed E-state index contributed by atoms with van der Waals surface area (Å²) in [6.45, 7) is 2.14. The number of H-pyrrole nitrogens is 1. The fourth-order valence-corrected chi connectivity index (χ4v) is 3.65. The summed E-state index contributed by atoms with van der Waals surface area (Å²) in [5.74, 6) is 0.933. The van der Waals surface area contributed by atoms with Gasteiger partial charge in [0.05, 0.1) is 7.11 Å². The fourth-order valence-electron chi connectivity index (χ4n) is 3.12.